The van der Waals surface area contributed by atoms with Crippen molar-refractivity contribution in [1.29, 1.82) is 0 Å². The van der Waals surface area contributed by atoms with E-state index < -0.39 is 9.84 Å². The largest absolute Gasteiger partial charge is 0.497 e. The molecular weight excluding hydrogens is 364 g/mol. The molecular formula is C20H22N2O4S. The Kier molecular flexibility index (Phi) is 5.51. The van der Waals surface area contributed by atoms with E-state index in [1.807, 2.05) is 55.5 Å². The molecule has 3 rings (SSSR count). The molecule has 0 spiro atoms. The van der Waals surface area contributed by atoms with Crippen molar-refractivity contribution in [3.8, 4) is 34.0 Å². The van der Waals surface area contributed by atoms with Crippen LogP contribution in [0.4, 0.5) is 0 Å². The van der Waals surface area contributed by atoms with Gasteiger partial charge in [0.15, 0.2) is 0 Å². The normalized spacial score (nSPS) is 11.4. The first-order valence-corrected chi connectivity index (χ1v) is 10.3. The molecule has 7 heteroatoms. The van der Waals surface area contributed by atoms with E-state index >= 15 is 0 Å². The van der Waals surface area contributed by atoms with E-state index in [4.69, 9.17) is 9.47 Å². The summed E-state index contributed by atoms with van der Waals surface area (Å²) in [7, 11) is -0.270. The Morgan fingerprint density at radius 3 is 1.89 bits per heavy atom. The molecule has 2 aromatic carbocycles. The summed E-state index contributed by atoms with van der Waals surface area (Å²) >= 11 is 0. The quantitative estimate of drug-likeness (QED) is 0.665. The Labute approximate surface area is 159 Å². The van der Waals surface area contributed by atoms with Gasteiger partial charge in [0.25, 0.3) is 0 Å². The molecule has 27 heavy (non-hydrogen) atoms. The summed E-state index contributed by atoms with van der Waals surface area (Å²) in [5.41, 5.74) is 2.86. The first-order chi connectivity index (χ1) is 13.0. The van der Waals surface area contributed by atoms with Gasteiger partial charge in [-0.05, 0) is 55.0 Å². The van der Waals surface area contributed by atoms with E-state index in [1.165, 1.54) is 0 Å². The summed E-state index contributed by atoms with van der Waals surface area (Å²) in [6.45, 7) is 1.83. The molecule has 0 aliphatic rings. The Bertz CT molecular complexity index is 942. The van der Waals surface area contributed by atoms with Crippen LogP contribution in [-0.4, -0.2) is 38.4 Å². The number of H-pyrrole nitrogens is 1. The summed E-state index contributed by atoms with van der Waals surface area (Å²) in [4.78, 5) is 7.45. The monoisotopic (exact) mass is 386 g/mol. The number of imidazole rings is 1. The number of sulfone groups is 1. The van der Waals surface area contributed by atoms with Crippen molar-refractivity contribution in [2.24, 2.45) is 0 Å². The molecule has 1 heterocycles. The molecule has 1 aromatic heterocycles. The van der Waals surface area contributed by atoms with Gasteiger partial charge in [-0.15, -0.1) is 0 Å². The number of methoxy groups -OCH3 is 2. The van der Waals surface area contributed by atoms with Crippen LogP contribution in [0.25, 0.3) is 22.5 Å². The molecule has 0 aliphatic heterocycles. The number of ether oxygens (including phenoxy) is 2. The summed E-state index contributed by atoms with van der Waals surface area (Å²) in [5, 5.41) is -0.0130. The van der Waals surface area contributed by atoms with Crippen molar-refractivity contribution in [3.63, 3.8) is 0 Å². The molecule has 0 radical (unpaired) electrons. The first kappa shape index (κ1) is 19.0. The summed E-state index contributed by atoms with van der Waals surface area (Å²) in [5.74, 6) is 1.49. The minimum absolute atomic E-state index is 0.0130. The maximum atomic E-state index is 12.5. The molecule has 0 amide bonds. The fourth-order valence-corrected chi connectivity index (χ4v) is 4.01. The second-order valence-corrected chi connectivity index (χ2v) is 8.07. The lowest BCUT2D eigenvalue weighted by atomic mass is 10.0. The highest BCUT2D eigenvalue weighted by atomic mass is 32.2. The zero-order valence-electron chi connectivity index (χ0n) is 15.5. The number of benzene rings is 2. The molecule has 0 unspecified atom stereocenters. The second kappa shape index (κ2) is 7.84. The Morgan fingerprint density at radius 2 is 1.41 bits per heavy atom. The van der Waals surface area contributed by atoms with Crippen LogP contribution in [-0.2, 0) is 9.84 Å². The van der Waals surface area contributed by atoms with Crippen LogP contribution in [0.2, 0.25) is 0 Å². The zero-order valence-corrected chi connectivity index (χ0v) is 16.3. The number of hydrogen-bond donors (Lipinski definition) is 1. The number of hydrogen-bond acceptors (Lipinski definition) is 5. The number of aromatic amines is 1. The van der Waals surface area contributed by atoms with Gasteiger partial charge in [0.05, 0.1) is 31.4 Å². The van der Waals surface area contributed by atoms with Crippen molar-refractivity contribution in [1.82, 2.24) is 9.97 Å². The van der Waals surface area contributed by atoms with Crippen LogP contribution >= 0.6 is 0 Å². The Morgan fingerprint density at radius 1 is 0.889 bits per heavy atom. The maximum Gasteiger partial charge on any atom is 0.226 e. The van der Waals surface area contributed by atoms with Gasteiger partial charge in [-0.25, -0.2) is 13.4 Å². The molecule has 0 saturated carbocycles. The average Bonchev–Trinajstić information content (AvgIpc) is 3.14. The van der Waals surface area contributed by atoms with Crippen LogP contribution in [0.1, 0.15) is 13.3 Å². The first-order valence-electron chi connectivity index (χ1n) is 8.60. The molecule has 3 aromatic rings. The third-order valence-electron chi connectivity index (χ3n) is 4.19. The van der Waals surface area contributed by atoms with Gasteiger partial charge >= 0.3 is 0 Å². The predicted octanol–water partition coefficient (Wildman–Crippen LogP) is 3.94. The average molecular weight is 386 g/mol. The Hall–Kier alpha value is -2.80. The Balaban J connectivity index is 2.14. The van der Waals surface area contributed by atoms with Crippen molar-refractivity contribution < 1.29 is 17.9 Å². The standard InChI is InChI=1S/C20H22N2O4S/c1-4-13-27(23,24)20-21-18(14-5-9-16(25-2)10-6-14)19(22-20)15-7-11-17(26-3)12-8-15/h5-12H,4,13H2,1-3H3,(H,21,22). The minimum atomic E-state index is -3.47. The number of nitrogens with zero attached hydrogens (tertiary/aromatic N) is 1. The highest BCUT2D eigenvalue weighted by Crippen LogP contribution is 2.33. The smallest absolute Gasteiger partial charge is 0.226 e. The third kappa shape index (κ3) is 3.98. The lowest BCUT2D eigenvalue weighted by molar-refractivity contribution is 0.414. The number of rotatable bonds is 7. The fraction of sp³-hybridized carbons (Fsp3) is 0.250. The van der Waals surface area contributed by atoms with Gasteiger partial charge < -0.3 is 14.5 Å². The molecule has 0 fully saturated rings. The van der Waals surface area contributed by atoms with Gasteiger partial charge in [-0.1, -0.05) is 6.92 Å². The van der Waals surface area contributed by atoms with Gasteiger partial charge in [-0.2, -0.15) is 0 Å². The van der Waals surface area contributed by atoms with E-state index in [1.54, 1.807) is 14.2 Å². The maximum absolute atomic E-state index is 12.5. The minimum Gasteiger partial charge on any atom is -0.497 e. The molecule has 0 saturated heterocycles. The lowest BCUT2D eigenvalue weighted by Gasteiger charge is -2.06. The van der Waals surface area contributed by atoms with Gasteiger partial charge in [0, 0.05) is 11.1 Å². The highest BCUT2D eigenvalue weighted by molar-refractivity contribution is 7.91. The molecule has 1 N–H and O–H groups in total. The fourth-order valence-electron chi connectivity index (χ4n) is 2.79. The lowest BCUT2D eigenvalue weighted by Crippen LogP contribution is -2.07. The van der Waals surface area contributed by atoms with Crippen LogP contribution in [0, 0.1) is 0 Å². The molecule has 0 aliphatic carbocycles. The van der Waals surface area contributed by atoms with Gasteiger partial charge in [0.1, 0.15) is 11.5 Å². The summed E-state index contributed by atoms with van der Waals surface area (Å²) < 4.78 is 35.5. The molecule has 0 atom stereocenters. The third-order valence-corrected chi connectivity index (χ3v) is 5.92. The van der Waals surface area contributed by atoms with Crippen LogP contribution < -0.4 is 9.47 Å². The van der Waals surface area contributed by atoms with Crippen molar-refractivity contribution in [2.75, 3.05) is 20.0 Å². The van der Waals surface area contributed by atoms with Crippen molar-refractivity contribution in [3.05, 3.63) is 48.5 Å². The molecule has 0 bridgehead atoms. The van der Waals surface area contributed by atoms with Gasteiger partial charge in [0.2, 0.25) is 15.0 Å². The molecule has 142 valence electrons. The summed E-state index contributed by atoms with van der Waals surface area (Å²) in [6.07, 6.45) is 0.527. The van der Waals surface area contributed by atoms with Crippen molar-refractivity contribution >= 4 is 9.84 Å². The predicted molar refractivity (Wildman–Crippen MR) is 105 cm³/mol. The zero-order chi connectivity index (χ0) is 19.4. The van der Waals surface area contributed by atoms with E-state index in [0.717, 1.165) is 22.6 Å². The topological polar surface area (TPSA) is 81.3 Å². The van der Waals surface area contributed by atoms with E-state index in [-0.39, 0.29) is 10.9 Å². The highest BCUT2D eigenvalue weighted by Gasteiger charge is 2.22. The van der Waals surface area contributed by atoms with E-state index in [0.29, 0.717) is 17.8 Å². The van der Waals surface area contributed by atoms with Crippen LogP contribution in [0.15, 0.2) is 53.7 Å². The summed E-state index contributed by atoms with van der Waals surface area (Å²) in [6, 6.07) is 14.8. The van der Waals surface area contributed by atoms with E-state index in [2.05, 4.69) is 9.97 Å². The second-order valence-electron chi connectivity index (χ2n) is 6.04. The van der Waals surface area contributed by atoms with E-state index in [9.17, 15) is 8.42 Å². The number of aromatic nitrogens is 2. The van der Waals surface area contributed by atoms with Crippen molar-refractivity contribution in [2.45, 2.75) is 18.5 Å². The van der Waals surface area contributed by atoms with Crippen LogP contribution in [0.3, 0.4) is 0 Å². The van der Waals surface area contributed by atoms with Gasteiger partial charge in [-0.3, -0.25) is 0 Å². The van der Waals surface area contributed by atoms with Crippen LogP contribution in [0.5, 0.6) is 11.5 Å². The molecule has 6 nitrogen and oxygen atoms in total. The SMILES string of the molecule is CCCS(=O)(=O)c1nc(-c2ccc(OC)cc2)c(-c2ccc(OC)cc2)[nH]1. The number of nitrogens with one attached hydrogen (secondary N) is 1.